The molecular weight excluding hydrogens is 296 g/mol. The first kappa shape index (κ1) is 16.5. The summed E-state index contributed by atoms with van der Waals surface area (Å²) >= 11 is 5.83. The summed E-state index contributed by atoms with van der Waals surface area (Å²) in [6, 6.07) is 14.8. The molecule has 1 amide bonds. The third-order valence-corrected chi connectivity index (χ3v) is 3.87. The van der Waals surface area contributed by atoms with E-state index < -0.39 is 0 Å². The van der Waals surface area contributed by atoms with Crippen molar-refractivity contribution in [1.29, 1.82) is 0 Å². The van der Waals surface area contributed by atoms with Crippen molar-refractivity contribution in [3.63, 3.8) is 0 Å². The van der Waals surface area contributed by atoms with E-state index in [1.165, 1.54) is 5.56 Å². The van der Waals surface area contributed by atoms with Crippen LogP contribution >= 0.6 is 11.6 Å². The minimum Gasteiger partial charge on any atom is -0.322 e. The first-order valence-corrected chi connectivity index (χ1v) is 7.88. The molecule has 1 N–H and O–H groups in total. The lowest BCUT2D eigenvalue weighted by molar-refractivity contribution is 0.102. The Balaban J connectivity index is 2.00. The van der Waals surface area contributed by atoms with Gasteiger partial charge in [-0.1, -0.05) is 37.6 Å². The second kappa shape index (κ2) is 7.97. The topological polar surface area (TPSA) is 32.3 Å². The Kier molecular flexibility index (Phi) is 5.99. The molecule has 2 aromatic rings. The Hall–Kier alpha value is -1.84. The normalized spacial score (nSPS) is 10.7. The Morgan fingerprint density at radius 1 is 1.00 bits per heavy atom. The van der Waals surface area contributed by atoms with Crippen LogP contribution in [0.25, 0.3) is 0 Å². The molecule has 0 bridgehead atoms. The third-order valence-electron chi connectivity index (χ3n) is 3.62. The maximum Gasteiger partial charge on any atom is 0.255 e. The van der Waals surface area contributed by atoms with Crippen LogP contribution < -0.4 is 5.32 Å². The number of hydrogen-bond acceptors (Lipinski definition) is 2. The van der Waals surface area contributed by atoms with Gasteiger partial charge in [-0.2, -0.15) is 0 Å². The molecule has 0 heterocycles. The van der Waals surface area contributed by atoms with Gasteiger partial charge in [-0.05, 0) is 55.1 Å². The van der Waals surface area contributed by atoms with Crippen LogP contribution in [0.15, 0.2) is 48.5 Å². The summed E-state index contributed by atoms with van der Waals surface area (Å²) in [6.07, 6.45) is 0. The zero-order chi connectivity index (χ0) is 15.9. The largest absolute Gasteiger partial charge is 0.322 e. The highest BCUT2D eigenvalue weighted by Gasteiger charge is 2.07. The van der Waals surface area contributed by atoms with E-state index in [0.717, 1.165) is 25.3 Å². The van der Waals surface area contributed by atoms with Gasteiger partial charge in [-0.25, -0.2) is 0 Å². The second-order valence-electron chi connectivity index (χ2n) is 5.12. The molecule has 0 spiro atoms. The van der Waals surface area contributed by atoms with Gasteiger partial charge in [0.15, 0.2) is 0 Å². The highest BCUT2D eigenvalue weighted by atomic mass is 35.5. The van der Waals surface area contributed by atoms with Gasteiger partial charge in [-0.15, -0.1) is 0 Å². The number of nitrogens with zero attached hydrogens (tertiary/aromatic N) is 1. The van der Waals surface area contributed by atoms with E-state index in [1.54, 1.807) is 24.3 Å². The minimum atomic E-state index is -0.114. The average Bonchev–Trinajstić information content (AvgIpc) is 2.55. The van der Waals surface area contributed by atoms with Crippen LogP contribution in [0.2, 0.25) is 5.02 Å². The first-order valence-electron chi connectivity index (χ1n) is 7.50. The number of carbonyl (C=O) groups is 1. The Morgan fingerprint density at radius 3 is 2.14 bits per heavy atom. The lowest BCUT2D eigenvalue weighted by atomic mass is 10.1. The predicted molar refractivity (Wildman–Crippen MR) is 92.5 cm³/mol. The Morgan fingerprint density at radius 2 is 1.59 bits per heavy atom. The quantitative estimate of drug-likeness (QED) is 0.854. The molecule has 0 saturated carbocycles. The molecule has 4 heteroatoms. The van der Waals surface area contributed by atoms with Crippen molar-refractivity contribution in [3.05, 3.63) is 64.7 Å². The molecule has 0 aliphatic heterocycles. The lowest BCUT2D eigenvalue weighted by Gasteiger charge is -2.18. The summed E-state index contributed by atoms with van der Waals surface area (Å²) in [6.45, 7) is 7.26. The summed E-state index contributed by atoms with van der Waals surface area (Å²) in [5, 5.41) is 3.51. The zero-order valence-electron chi connectivity index (χ0n) is 13.0. The van der Waals surface area contributed by atoms with Gasteiger partial charge >= 0.3 is 0 Å². The van der Waals surface area contributed by atoms with Crippen LogP contribution in [0.3, 0.4) is 0 Å². The van der Waals surface area contributed by atoms with Gasteiger partial charge in [0.2, 0.25) is 0 Å². The molecule has 0 radical (unpaired) electrons. The third kappa shape index (κ3) is 4.58. The van der Waals surface area contributed by atoms with Crippen LogP contribution in [-0.2, 0) is 6.54 Å². The Bertz CT molecular complexity index is 604. The summed E-state index contributed by atoms with van der Waals surface area (Å²) < 4.78 is 0. The first-order chi connectivity index (χ1) is 10.6. The van der Waals surface area contributed by atoms with E-state index in [9.17, 15) is 4.79 Å². The monoisotopic (exact) mass is 316 g/mol. The summed E-state index contributed by atoms with van der Waals surface area (Å²) in [4.78, 5) is 14.5. The average molecular weight is 317 g/mol. The highest BCUT2D eigenvalue weighted by Crippen LogP contribution is 2.15. The molecule has 22 heavy (non-hydrogen) atoms. The fourth-order valence-corrected chi connectivity index (χ4v) is 2.33. The fraction of sp³-hybridized carbons (Fsp3) is 0.278. The van der Waals surface area contributed by atoms with Crippen LogP contribution in [0.5, 0.6) is 0 Å². The van der Waals surface area contributed by atoms with Crippen molar-refractivity contribution in [1.82, 2.24) is 4.90 Å². The van der Waals surface area contributed by atoms with Crippen molar-refractivity contribution in [2.24, 2.45) is 0 Å². The van der Waals surface area contributed by atoms with Gasteiger partial charge in [0.1, 0.15) is 0 Å². The van der Waals surface area contributed by atoms with Crippen molar-refractivity contribution in [3.8, 4) is 0 Å². The molecule has 0 aromatic heterocycles. The summed E-state index contributed by atoms with van der Waals surface area (Å²) in [5.41, 5.74) is 2.60. The number of amides is 1. The van der Waals surface area contributed by atoms with Crippen LogP contribution in [0, 0.1) is 0 Å². The van der Waals surface area contributed by atoms with Gasteiger partial charge in [-0.3, -0.25) is 9.69 Å². The lowest BCUT2D eigenvalue weighted by Crippen LogP contribution is -2.22. The molecule has 0 fully saturated rings. The number of carbonyl (C=O) groups excluding carboxylic acids is 1. The van der Waals surface area contributed by atoms with Gasteiger partial charge in [0.05, 0.1) is 0 Å². The van der Waals surface area contributed by atoms with E-state index in [-0.39, 0.29) is 5.91 Å². The van der Waals surface area contributed by atoms with Gasteiger partial charge in [0, 0.05) is 22.8 Å². The standard InChI is InChI=1S/C18H21ClN2O/c1-3-21(4-2)13-14-5-7-15(8-6-14)18(22)20-17-11-9-16(19)10-12-17/h5-12H,3-4,13H2,1-2H3,(H,20,22). The number of anilines is 1. The smallest absolute Gasteiger partial charge is 0.255 e. The predicted octanol–water partition coefficient (Wildman–Crippen LogP) is 4.43. The van der Waals surface area contributed by atoms with Crippen LogP contribution in [0.4, 0.5) is 5.69 Å². The van der Waals surface area contributed by atoms with Crippen LogP contribution in [0.1, 0.15) is 29.8 Å². The van der Waals surface area contributed by atoms with Crippen molar-refractivity contribution in [2.45, 2.75) is 20.4 Å². The Labute approximate surface area is 136 Å². The molecule has 2 aromatic carbocycles. The zero-order valence-corrected chi connectivity index (χ0v) is 13.7. The number of benzene rings is 2. The molecule has 116 valence electrons. The number of rotatable bonds is 6. The maximum atomic E-state index is 12.2. The highest BCUT2D eigenvalue weighted by molar-refractivity contribution is 6.30. The van der Waals surface area contributed by atoms with E-state index in [4.69, 9.17) is 11.6 Å². The second-order valence-corrected chi connectivity index (χ2v) is 5.56. The minimum absolute atomic E-state index is 0.114. The molecule has 0 aliphatic carbocycles. The maximum absolute atomic E-state index is 12.2. The molecule has 2 rings (SSSR count). The fourth-order valence-electron chi connectivity index (χ4n) is 2.20. The molecule has 0 saturated heterocycles. The van der Waals surface area contributed by atoms with Crippen molar-refractivity contribution < 1.29 is 4.79 Å². The van der Waals surface area contributed by atoms with E-state index in [2.05, 4.69) is 24.1 Å². The van der Waals surface area contributed by atoms with Crippen LogP contribution in [-0.4, -0.2) is 23.9 Å². The van der Waals surface area contributed by atoms with Gasteiger partial charge < -0.3 is 5.32 Å². The summed E-state index contributed by atoms with van der Waals surface area (Å²) in [5.74, 6) is -0.114. The molecule has 3 nitrogen and oxygen atoms in total. The van der Waals surface area contributed by atoms with E-state index in [1.807, 2.05) is 24.3 Å². The summed E-state index contributed by atoms with van der Waals surface area (Å²) in [7, 11) is 0. The molecule has 0 aliphatic rings. The SMILES string of the molecule is CCN(CC)Cc1ccc(C(=O)Nc2ccc(Cl)cc2)cc1. The number of halogens is 1. The number of nitrogens with one attached hydrogen (secondary N) is 1. The molecular formula is C18H21ClN2O. The van der Waals surface area contributed by atoms with Gasteiger partial charge in [0.25, 0.3) is 5.91 Å². The van der Waals surface area contributed by atoms with E-state index >= 15 is 0 Å². The molecule has 0 atom stereocenters. The number of hydrogen-bond donors (Lipinski definition) is 1. The van der Waals surface area contributed by atoms with E-state index in [0.29, 0.717) is 10.6 Å². The van der Waals surface area contributed by atoms with Crippen molar-refractivity contribution >= 4 is 23.2 Å². The molecule has 0 unspecified atom stereocenters. The van der Waals surface area contributed by atoms with Crippen molar-refractivity contribution in [2.75, 3.05) is 18.4 Å².